The minimum Gasteiger partial charge on any atom is -0.465 e. The molecule has 1 N–H and O–H groups in total. The van der Waals surface area contributed by atoms with E-state index in [4.69, 9.17) is 17.0 Å². The van der Waals surface area contributed by atoms with Gasteiger partial charge in [0.1, 0.15) is 0 Å². The lowest BCUT2D eigenvalue weighted by Gasteiger charge is -2.31. The highest BCUT2D eigenvalue weighted by Gasteiger charge is 2.42. The number of carbonyl (C=O) groups is 1. The summed E-state index contributed by atoms with van der Waals surface area (Å²) in [6, 6.07) is 15.9. The van der Waals surface area contributed by atoms with Gasteiger partial charge >= 0.3 is 5.97 Å². The van der Waals surface area contributed by atoms with Crippen LogP contribution in [0, 0.1) is 13.8 Å². The fraction of sp³-hybridized carbons (Fsp3) is 0.320. The second kappa shape index (κ2) is 8.74. The van der Waals surface area contributed by atoms with E-state index in [2.05, 4.69) is 53.5 Å². The molecule has 0 saturated carbocycles. The highest BCUT2D eigenvalue weighted by molar-refractivity contribution is 7.80. The number of aromatic nitrogens is 2. The summed E-state index contributed by atoms with van der Waals surface area (Å²) >= 11 is 5.74. The molecule has 2 atom stereocenters. The van der Waals surface area contributed by atoms with E-state index >= 15 is 0 Å². The Morgan fingerprint density at radius 3 is 2.59 bits per heavy atom. The van der Waals surface area contributed by atoms with Crippen molar-refractivity contribution in [1.29, 1.82) is 0 Å². The van der Waals surface area contributed by atoms with Crippen LogP contribution < -0.4 is 5.32 Å². The molecule has 0 bridgehead atoms. The molecule has 1 aromatic carbocycles. The fourth-order valence-corrected chi connectivity index (χ4v) is 5.08. The van der Waals surface area contributed by atoms with Crippen LogP contribution in [-0.2, 0) is 4.74 Å². The van der Waals surface area contributed by atoms with Crippen LogP contribution in [0.3, 0.4) is 0 Å². The Morgan fingerprint density at radius 2 is 1.94 bits per heavy atom. The van der Waals surface area contributed by atoms with E-state index < -0.39 is 0 Å². The third-order valence-electron chi connectivity index (χ3n) is 6.01. The Hall–Kier alpha value is -3.19. The van der Waals surface area contributed by atoms with Gasteiger partial charge in [-0.3, -0.25) is 4.98 Å². The summed E-state index contributed by atoms with van der Waals surface area (Å²) in [7, 11) is 1.40. The highest BCUT2D eigenvalue weighted by Crippen LogP contribution is 2.42. The van der Waals surface area contributed by atoms with Crippen molar-refractivity contribution < 1.29 is 9.53 Å². The molecule has 3 aromatic rings. The molecule has 1 aliphatic rings. The third kappa shape index (κ3) is 3.77. The van der Waals surface area contributed by atoms with Crippen LogP contribution in [0.2, 0.25) is 0 Å². The van der Waals surface area contributed by atoms with Crippen LogP contribution in [0.15, 0.2) is 54.7 Å². The van der Waals surface area contributed by atoms with Crippen molar-refractivity contribution in [1.82, 2.24) is 19.8 Å². The Bertz CT molecular complexity index is 1160. The molecule has 7 heteroatoms. The van der Waals surface area contributed by atoms with Crippen molar-refractivity contribution in [2.75, 3.05) is 7.11 Å². The second-order valence-electron chi connectivity index (χ2n) is 8.33. The van der Waals surface area contributed by atoms with Gasteiger partial charge in [0.05, 0.1) is 30.5 Å². The zero-order chi connectivity index (χ0) is 23.0. The summed E-state index contributed by atoms with van der Waals surface area (Å²) in [6.45, 7) is 8.50. The lowest BCUT2D eigenvalue weighted by molar-refractivity contribution is 0.0600. The summed E-state index contributed by atoms with van der Waals surface area (Å²) < 4.78 is 7.08. The minimum absolute atomic E-state index is 0.00106. The van der Waals surface area contributed by atoms with Gasteiger partial charge in [-0.2, -0.15) is 0 Å². The number of thiocarbonyl (C=S) groups is 1. The molecule has 0 unspecified atom stereocenters. The number of methoxy groups -OCH3 is 1. The average Bonchev–Trinajstić information content (AvgIpc) is 3.29. The Balaban J connectivity index is 1.84. The van der Waals surface area contributed by atoms with Crippen molar-refractivity contribution in [3.8, 4) is 5.69 Å². The van der Waals surface area contributed by atoms with Crippen LogP contribution >= 0.6 is 12.2 Å². The molecule has 6 nitrogen and oxygen atoms in total. The number of aryl methyl sites for hydroxylation is 1. The van der Waals surface area contributed by atoms with Crippen molar-refractivity contribution in [3.05, 3.63) is 82.9 Å². The van der Waals surface area contributed by atoms with Gasteiger partial charge in [-0.15, -0.1) is 0 Å². The first-order chi connectivity index (χ1) is 15.3. The van der Waals surface area contributed by atoms with Crippen LogP contribution in [0.5, 0.6) is 0 Å². The third-order valence-corrected chi connectivity index (χ3v) is 6.33. The Labute approximate surface area is 194 Å². The van der Waals surface area contributed by atoms with Crippen molar-refractivity contribution in [3.63, 3.8) is 0 Å². The summed E-state index contributed by atoms with van der Waals surface area (Å²) in [5.41, 5.74) is 5.78. The summed E-state index contributed by atoms with van der Waals surface area (Å²) in [6.07, 6.45) is 1.82. The maximum atomic E-state index is 12.1. The van der Waals surface area contributed by atoms with Gasteiger partial charge in [-0.1, -0.05) is 12.1 Å². The number of hydrogen-bond acceptors (Lipinski definition) is 4. The van der Waals surface area contributed by atoms with Gasteiger partial charge in [0, 0.05) is 29.3 Å². The normalized spacial score (nSPS) is 18.2. The lowest BCUT2D eigenvalue weighted by Crippen LogP contribution is -2.35. The molecule has 0 spiro atoms. The number of carbonyl (C=O) groups excluding carboxylic acids is 1. The first kappa shape index (κ1) is 22.0. The summed E-state index contributed by atoms with van der Waals surface area (Å²) in [5, 5.41) is 4.24. The van der Waals surface area contributed by atoms with Gasteiger partial charge in [0.2, 0.25) is 0 Å². The highest BCUT2D eigenvalue weighted by atomic mass is 32.1. The molecule has 2 aromatic heterocycles. The first-order valence-corrected chi connectivity index (χ1v) is 11.1. The average molecular weight is 449 g/mol. The molecule has 1 aliphatic heterocycles. The maximum Gasteiger partial charge on any atom is 0.337 e. The van der Waals surface area contributed by atoms with Crippen molar-refractivity contribution >= 4 is 23.3 Å². The number of esters is 1. The largest absolute Gasteiger partial charge is 0.465 e. The van der Waals surface area contributed by atoms with E-state index in [1.165, 1.54) is 12.7 Å². The molecular weight excluding hydrogens is 420 g/mol. The van der Waals surface area contributed by atoms with Gasteiger partial charge in [-0.25, -0.2) is 4.79 Å². The number of ether oxygens (including phenoxy) is 1. The topological polar surface area (TPSA) is 59.4 Å². The number of benzene rings is 1. The van der Waals surface area contributed by atoms with E-state index in [9.17, 15) is 4.79 Å². The van der Waals surface area contributed by atoms with Crippen LogP contribution in [0.25, 0.3) is 5.69 Å². The van der Waals surface area contributed by atoms with Gasteiger partial charge in [-0.05, 0) is 81.9 Å². The predicted molar refractivity (Wildman–Crippen MR) is 129 cm³/mol. The molecule has 3 heterocycles. The summed E-state index contributed by atoms with van der Waals surface area (Å²) in [5.74, 6) is -0.346. The van der Waals surface area contributed by atoms with Crippen molar-refractivity contribution in [2.24, 2.45) is 0 Å². The SMILES string of the molecule is COC(=O)c1cccc(-n2c(C)cc([C@H]3[C@@H](c4ccccn4)NC(=S)N3C(C)C)c2C)c1. The number of nitrogens with one attached hydrogen (secondary N) is 1. The van der Waals surface area contributed by atoms with E-state index in [1.807, 2.05) is 42.6 Å². The smallest absolute Gasteiger partial charge is 0.337 e. The van der Waals surface area contributed by atoms with Gasteiger partial charge in [0.15, 0.2) is 5.11 Å². The number of nitrogens with zero attached hydrogens (tertiary/aromatic N) is 3. The monoisotopic (exact) mass is 448 g/mol. The molecule has 4 rings (SSSR count). The minimum atomic E-state index is -0.346. The zero-order valence-corrected chi connectivity index (χ0v) is 19.8. The molecule has 0 radical (unpaired) electrons. The number of pyridine rings is 1. The van der Waals surface area contributed by atoms with E-state index in [0.29, 0.717) is 5.56 Å². The Morgan fingerprint density at radius 1 is 1.16 bits per heavy atom. The predicted octanol–water partition coefficient (Wildman–Crippen LogP) is 4.66. The Kier molecular flexibility index (Phi) is 6.02. The molecule has 0 aliphatic carbocycles. The standard InChI is InChI=1S/C25H28N4O2S/c1-15(2)28-23(22(27-25(28)32)21-11-6-7-12-26-21)20-13-16(3)29(17(20)4)19-10-8-9-18(14-19)24(30)31-5/h6-15,22-23H,1-5H3,(H,27,32)/t22-,23+/m1/s1. The molecule has 0 amide bonds. The van der Waals surface area contributed by atoms with Crippen LogP contribution in [0.1, 0.15) is 58.9 Å². The van der Waals surface area contributed by atoms with E-state index in [1.54, 1.807) is 6.07 Å². The fourth-order valence-electron chi connectivity index (χ4n) is 4.63. The lowest BCUT2D eigenvalue weighted by atomic mass is 9.96. The molecule has 1 saturated heterocycles. The van der Waals surface area contributed by atoms with E-state index in [-0.39, 0.29) is 24.1 Å². The quantitative estimate of drug-likeness (QED) is 0.453. The summed E-state index contributed by atoms with van der Waals surface area (Å²) in [4.78, 5) is 18.9. The molecule has 32 heavy (non-hydrogen) atoms. The van der Waals surface area contributed by atoms with Gasteiger partial charge < -0.3 is 19.5 Å². The molecule has 166 valence electrons. The second-order valence-corrected chi connectivity index (χ2v) is 8.72. The van der Waals surface area contributed by atoms with Crippen LogP contribution in [0.4, 0.5) is 0 Å². The molecular formula is C25H28N4O2S. The number of hydrogen-bond donors (Lipinski definition) is 1. The maximum absolute atomic E-state index is 12.1. The number of rotatable bonds is 5. The van der Waals surface area contributed by atoms with Crippen LogP contribution in [-0.4, -0.2) is 38.7 Å². The van der Waals surface area contributed by atoms with Gasteiger partial charge in [0.25, 0.3) is 0 Å². The molecule has 1 fully saturated rings. The zero-order valence-electron chi connectivity index (χ0n) is 19.0. The van der Waals surface area contributed by atoms with E-state index in [0.717, 1.165) is 27.9 Å². The van der Waals surface area contributed by atoms with Crippen molar-refractivity contribution in [2.45, 2.75) is 45.8 Å². The first-order valence-electron chi connectivity index (χ1n) is 10.7.